The number of aliphatic hydroxyl groups excluding tert-OH is 1. The van der Waals surface area contributed by atoms with Crippen LogP contribution in [0.15, 0.2) is 9.59 Å². The van der Waals surface area contributed by atoms with E-state index >= 15 is 0 Å². The van der Waals surface area contributed by atoms with Crippen molar-refractivity contribution >= 4 is 11.4 Å². The summed E-state index contributed by atoms with van der Waals surface area (Å²) < 4.78 is 0. The van der Waals surface area contributed by atoms with Gasteiger partial charge in [0.2, 0.25) is 0 Å². The monoisotopic (exact) mass is 214 g/mol. The summed E-state index contributed by atoms with van der Waals surface area (Å²) in [7, 11) is 1.57. The van der Waals surface area contributed by atoms with Crippen LogP contribution >= 0.6 is 0 Å². The van der Waals surface area contributed by atoms with Crippen LogP contribution in [-0.4, -0.2) is 24.8 Å². The summed E-state index contributed by atoms with van der Waals surface area (Å²) in [5.41, 5.74) is -0.459. The summed E-state index contributed by atoms with van der Waals surface area (Å²) in [5.74, 6) is 0. The van der Waals surface area contributed by atoms with Gasteiger partial charge in [-0.25, -0.2) is 0 Å². The van der Waals surface area contributed by atoms with E-state index < -0.39 is 17.0 Å². The average molecular weight is 214 g/mol. The third-order valence-electron chi connectivity index (χ3n) is 1.73. The molecule has 0 aliphatic carbocycles. The van der Waals surface area contributed by atoms with Gasteiger partial charge in [-0.2, -0.15) is 0 Å². The molecule has 0 spiro atoms. The number of anilines is 2. The van der Waals surface area contributed by atoms with Crippen molar-refractivity contribution in [2.75, 3.05) is 24.2 Å². The quantitative estimate of drug-likeness (QED) is 0.621. The molecule has 0 bridgehead atoms. The summed E-state index contributed by atoms with van der Waals surface area (Å²) in [6, 6.07) is 0. The number of nitrogens with one attached hydrogen (secondary N) is 2. The maximum absolute atomic E-state index is 11.0. The van der Waals surface area contributed by atoms with Crippen molar-refractivity contribution in [3.05, 3.63) is 20.4 Å². The van der Waals surface area contributed by atoms with Crippen molar-refractivity contribution in [2.45, 2.75) is 26.9 Å². The molecule has 1 atom stereocenters. The Labute approximate surface area is 88.8 Å². The highest BCUT2D eigenvalue weighted by molar-refractivity contribution is 5.73. The Morgan fingerprint density at radius 1 is 1.20 bits per heavy atom. The highest BCUT2D eigenvalue weighted by Crippen LogP contribution is 2.12. The van der Waals surface area contributed by atoms with Crippen LogP contribution in [0.3, 0.4) is 0 Å². The Hall–Kier alpha value is -1.36. The Balaban J connectivity index is 0.000000921. The molecule has 0 saturated carbocycles. The summed E-state index contributed by atoms with van der Waals surface area (Å²) in [4.78, 5) is 21.8. The van der Waals surface area contributed by atoms with Crippen molar-refractivity contribution < 1.29 is 5.11 Å². The molecule has 0 fully saturated rings. The smallest absolute Gasteiger partial charge is 0.253 e. The molecule has 0 aromatic heterocycles. The lowest BCUT2D eigenvalue weighted by atomic mass is 10.2. The van der Waals surface area contributed by atoms with Gasteiger partial charge in [-0.1, -0.05) is 13.8 Å². The van der Waals surface area contributed by atoms with E-state index in [1.807, 2.05) is 13.8 Å². The van der Waals surface area contributed by atoms with Crippen LogP contribution in [0.5, 0.6) is 0 Å². The first-order chi connectivity index (χ1) is 7.07. The molecule has 0 saturated heterocycles. The lowest BCUT2D eigenvalue weighted by Crippen LogP contribution is -2.37. The zero-order valence-electron chi connectivity index (χ0n) is 9.55. The average Bonchev–Trinajstić information content (AvgIpc) is 2.25. The summed E-state index contributed by atoms with van der Waals surface area (Å²) in [6.45, 7) is 5.86. The fraction of sp³-hybridized carbons (Fsp3) is 0.600. The maximum Gasteiger partial charge on any atom is 0.253 e. The van der Waals surface area contributed by atoms with Gasteiger partial charge in [0, 0.05) is 13.6 Å². The van der Waals surface area contributed by atoms with Crippen LogP contribution in [-0.2, 0) is 0 Å². The molecule has 1 unspecified atom stereocenters. The van der Waals surface area contributed by atoms with Gasteiger partial charge in [0.05, 0.1) is 6.10 Å². The van der Waals surface area contributed by atoms with Crippen LogP contribution < -0.4 is 21.5 Å². The first-order valence-corrected chi connectivity index (χ1v) is 5.01. The first-order valence-electron chi connectivity index (χ1n) is 5.01. The van der Waals surface area contributed by atoms with Crippen molar-refractivity contribution in [1.82, 2.24) is 0 Å². The zero-order valence-corrected chi connectivity index (χ0v) is 9.55. The molecule has 0 heterocycles. The van der Waals surface area contributed by atoms with E-state index in [4.69, 9.17) is 5.11 Å². The van der Waals surface area contributed by atoms with E-state index in [-0.39, 0.29) is 12.2 Å². The summed E-state index contributed by atoms with van der Waals surface area (Å²) in [5, 5.41) is 14.2. The van der Waals surface area contributed by atoms with Gasteiger partial charge in [0.25, 0.3) is 10.9 Å². The van der Waals surface area contributed by atoms with E-state index in [9.17, 15) is 9.59 Å². The van der Waals surface area contributed by atoms with Gasteiger partial charge in [-0.05, 0) is 6.92 Å². The molecule has 1 rings (SSSR count). The second kappa shape index (κ2) is 6.19. The molecule has 5 heteroatoms. The van der Waals surface area contributed by atoms with Crippen molar-refractivity contribution in [1.29, 1.82) is 0 Å². The molecule has 86 valence electrons. The van der Waals surface area contributed by atoms with E-state index in [2.05, 4.69) is 10.6 Å². The molecule has 5 nitrogen and oxygen atoms in total. The third kappa shape index (κ3) is 3.06. The van der Waals surface area contributed by atoms with Gasteiger partial charge in [0.1, 0.15) is 11.4 Å². The lowest BCUT2D eigenvalue weighted by molar-refractivity contribution is 0.208. The minimum absolute atomic E-state index is 0.263. The van der Waals surface area contributed by atoms with Crippen LogP contribution in [0, 0.1) is 0 Å². The Kier molecular flexibility index (Phi) is 5.62. The zero-order chi connectivity index (χ0) is 12.0. The SMILES string of the molecule is CC.CNc1c(NCC(C)O)c(=O)c1=O. The summed E-state index contributed by atoms with van der Waals surface area (Å²) >= 11 is 0. The molecule has 3 N–H and O–H groups in total. The van der Waals surface area contributed by atoms with Crippen molar-refractivity contribution in [2.24, 2.45) is 0 Å². The molecular formula is C10H18N2O3. The van der Waals surface area contributed by atoms with Crippen molar-refractivity contribution in [3.8, 4) is 0 Å². The third-order valence-corrected chi connectivity index (χ3v) is 1.73. The number of hydrogen-bond donors (Lipinski definition) is 3. The first kappa shape index (κ1) is 13.6. The maximum atomic E-state index is 11.0. The number of rotatable bonds is 4. The molecule has 1 aromatic carbocycles. The predicted molar refractivity (Wildman–Crippen MR) is 62.4 cm³/mol. The fourth-order valence-electron chi connectivity index (χ4n) is 1.05. The van der Waals surface area contributed by atoms with Crippen LogP contribution in [0.4, 0.5) is 11.4 Å². The molecular weight excluding hydrogens is 196 g/mol. The van der Waals surface area contributed by atoms with Gasteiger partial charge in [0.15, 0.2) is 0 Å². The molecule has 1 aromatic rings. The molecule has 0 aliphatic heterocycles. The fourth-order valence-corrected chi connectivity index (χ4v) is 1.05. The molecule has 0 radical (unpaired) electrons. The standard InChI is InChI=1S/C8H12N2O3.C2H6/c1-4(11)3-10-6-5(9-2)7(12)8(6)13;1-2/h4,9-11H,3H2,1-2H3;1-2H3. The topological polar surface area (TPSA) is 78.4 Å². The lowest BCUT2D eigenvalue weighted by Gasteiger charge is -2.13. The van der Waals surface area contributed by atoms with Gasteiger partial charge in [-0.15, -0.1) is 0 Å². The largest absolute Gasteiger partial charge is 0.392 e. The Morgan fingerprint density at radius 3 is 2.07 bits per heavy atom. The summed E-state index contributed by atoms with van der Waals surface area (Å²) in [6.07, 6.45) is -0.547. The van der Waals surface area contributed by atoms with Crippen LogP contribution in [0.1, 0.15) is 20.8 Å². The van der Waals surface area contributed by atoms with Gasteiger partial charge in [-0.3, -0.25) is 9.59 Å². The predicted octanol–water partition coefficient (Wildman–Crippen LogP) is 0.143. The van der Waals surface area contributed by atoms with E-state index in [0.717, 1.165) is 0 Å². The second-order valence-corrected chi connectivity index (χ2v) is 2.89. The number of aliphatic hydroxyl groups is 1. The van der Waals surface area contributed by atoms with Gasteiger partial charge < -0.3 is 15.7 Å². The van der Waals surface area contributed by atoms with E-state index in [0.29, 0.717) is 5.69 Å². The second-order valence-electron chi connectivity index (χ2n) is 2.89. The molecule has 0 aliphatic rings. The van der Waals surface area contributed by atoms with Crippen LogP contribution in [0.2, 0.25) is 0 Å². The van der Waals surface area contributed by atoms with E-state index in [1.165, 1.54) is 0 Å². The molecule has 0 amide bonds. The van der Waals surface area contributed by atoms with E-state index in [1.54, 1.807) is 14.0 Å². The molecule has 15 heavy (non-hydrogen) atoms. The Morgan fingerprint density at radius 2 is 1.67 bits per heavy atom. The minimum atomic E-state index is -0.547. The number of hydrogen-bond acceptors (Lipinski definition) is 5. The Bertz CT molecular complexity index is 365. The van der Waals surface area contributed by atoms with Gasteiger partial charge >= 0.3 is 0 Å². The highest BCUT2D eigenvalue weighted by Gasteiger charge is 2.19. The minimum Gasteiger partial charge on any atom is -0.392 e. The highest BCUT2D eigenvalue weighted by atomic mass is 16.3. The normalized spacial score (nSPS) is 11.5. The van der Waals surface area contributed by atoms with Crippen LogP contribution in [0.25, 0.3) is 0 Å². The van der Waals surface area contributed by atoms with Crippen molar-refractivity contribution in [3.63, 3.8) is 0 Å².